The minimum Gasteiger partial charge on any atom is -0.472 e. The second kappa shape index (κ2) is 5.34. The maximum Gasteiger partial charge on any atom is 0.0934 e. The number of fused-ring (bicyclic) bond motifs is 1. The summed E-state index contributed by atoms with van der Waals surface area (Å²) in [5.74, 6) is 1.59. The van der Waals surface area contributed by atoms with Crippen LogP contribution in [-0.4, -0.2) is 0 Å². The Morgan fingerprint density at radius 1 is 1.24 bits per heavy atom. The molecule has 1 heterocycles. The highest BCUT2D eigenvalue weighted by atomic mass is 16.3. The van der Waals surface area contributed by atoms with Crippen molar-refractivity contribution in [3.05, 3.63) is 35.8 Å². The third-order valence-corrected chi connectivity index (χ3v) is 6.60. The standard InChI is InChI=1S/C20H30O/c1-15-6-9-18-19(2,3)11-5-12-20(18,4)17(15)8-7-16-10-13-21-14-16/h6,10,13-14,17-18H,5,7-9,11-12H2,1-4H3/t17-,18-,20-/m0/s1. The Labute approximate surface area is 129 Å². The lowest BCUT2D eigenvalue weighted by atomic mass is 9.48. The monoisotopic (exact) mass is 286 g/mol. The van der Waals surface area contributed by atoms with Crippen molar-refractivity contribution in [2.45, 2.75) is 66.2 Å². The molecule has 0 amide bonds. The average Bonchev–Trinajstić information content (AvgIpc) is 2.90. The molecule has 0 bridgehead atoms. The minimum atomic E-state index is 0.490. The SMILES string of the molecule is CC1=CC[C@H]2C(C)(C)CCC[C@@]2(C)[C@H]1CCc1ccoc1. The Morgan fingerprint density at radius 2 is 2.05 bits per heavy atom. The molecule has 0 radical (unpaired) electrons. The van der Waals surface area contributed by atoms with E-state index in [1.54, 1.807) is 11.8 Å². The van der Waals surface area contributed by atoms with Gasteiger partial charge in [0.25, 0.3) is 0 Å². The van der Waals surface area contributed by atoms with Crippen molar-refractivity contribution in [3.63, 3.8) is 0 Å². The molecule has 0 N–H and O–H groups in total. The van der Waals surface area contributed by atoms with E-state index in [2.05, 4.69) is 39.8 Å². The maximum absolute atomic E-state index is 5.23. The first-order chi connectivity index (χ1) is 9.93. The fourth-order valence-corrected chi connectivity index (χ4v) is 5.44. The van der Waals surface area contributed by atoms with Crippen LogP contribution in [0.1, 0.15) is 65.4 Å². The van der Waals surface area contributed by atoms with Gasteiger partial charge in [0.1, 0.15) is 0 Å². The summed E-state index contributed by atoms with van der Waals surface area (Å²) in [5.41, 5.74) is 3.97. The maximum atomic E-state index is 5.23. The molecule has 0 aliphatic heterocycles. The van der Waals surface area contributed by atoms with Crippen LogP contribution in [0.4, 0.5) is 0 Å². The Morgan fingerprint density at radius 3 is 2.76 bits per heavy atom. The quantitative estimate of drug-likeness (QED) is 0.620. The van der Waals surface area contributed by atoms with Gasteiger partial charge in [0, 0.05) is 0 Å². The molecule has 116 valence electrons. The number of rotatable bonds is 3. The summed E-state index contributed by atoms with van der Waals surface area (Å²) in [6.07, 6.45) is 14.2. The lowest BCUT2D eigenvalue weighted by Crippen LogP contribution is -2.48. The summed E-state index contributed by atoms with van der Waals surface area (Å²) in [6, 6.07) is 2.12. The number of furan rings is 1. The highest BCUT2D eigenvalue weighted by Gasteiger charge is 2.51. The molecule has 0 aromatic carbocycles. The molecule has 0 unspecified atom stereocenters. The van der Waals surface area contributed by atoms with Crippen LogP contribution >= 0.6 is 0 Å². The third-order valence-electron chi connectivity index (χ3n) is 6.60. The first-order valence-electron chi connectivity index (χ1n) is 8.61. The van der Waals surface area contributed by atoms with Gasteiger partial charge in [-0.05, 0) is 73.3 Å². The van der Waals surface area contributed by atoms with E-state index < -0.39 is 0 Å². The summed E-state index contributed by atoms with van der Waals surface area (Å²) < 4.78 is 5.23. The summed E-state index contributed by atoms with van der Waals surface area (Å²) in [4.78, 5) is 0. The molecule has 2 aliphatic carbocycles. The van der Waals surface area contributed by atoms with Crippen LogP contribution in [0.2, 0.25) is 0 Å². The molecule has 1 aromatic rings. The van der Waals surface area contributed by atoms with E-state index in [0.29, 0.717) is 10.8 Å². The van der Waals surface area contributed by atoms with Crippen molar-refractivity contribution in [1.82, 2.24) is 0 Å². The van der Waals surface area contributed by atoms with Gasteiger partial charge in [0.15, 0.2) is 0 Å². The van der Waals surface area contributed by atoms with E-state index in [1.807, 2.05) is 6.26 Å². The Bertz CT molecular complexity index is 508. The smallest absolute Gasteiger partial charge is 0.0934 e. The molecule has 0 saturated heterocycles. The molecule has 3 rings (SSSR count). The van der Waals surface area contributed by atoms with E-state index in [-0.39, 0.29) is 0 Å². The van der Waals surface area contributed by atoms with Gasteiger partial charge in [0.2, 0.25) is 0 Å². The van der Waals surface area contributed by atoms with Crippen molar-refractivity contribution < 1.29 is 4.42 Å². The summed E-state index contributed by atoms with van der Waals surface area (Å²) in [5, 5.41) is 0. The first-order valence-corrected chi connectivity index (χ1v) is 8.61. The molecule has 0 spiro atoms. The van der Waals surface area contributed by atoms with Crippen molar-refractivity contribution in [3.8, 4) is 0 Å². The molecule has 1 saturated carbocycles. The number of hydrogen-bond acceptors (Lipinski definition) is 1. The highest BCUT2D eigenvalue weighted by molar-refractivity contribution is 5.19. The number of aryl methyl sites for hydroxylation is 1. The minimum absolute atomic E-state index is 0.490. The van der Waals surface area contributed by atoms with Gasteiger partial charge >= 0.3 is 0 Å². The van der Waals surface area contributed by atoms with E-state index in [4.69, 9.17) is 4.42 Å². The molecule has 1 nitrogen and oxygen atoms in total. The fraction of sp³-hybridized carbons (Fsp3) is 0.700. The number of allylic oxidation sites excluding steroid dienone is 2. The second-order valence-corrected chi connectivity index (χ2v) is 8.31. The second-order valence-electron chi connectivity index (χ2n) is 8.31. The van der Waals surface area contributed by atoms with Gasteiger partial charge in [-0.15, -0.1) is 0 Å². The zero-order chi connectivity index (χ0) is 15.1. The zero-order valence-corrected chi connectivity index (χ0v) is 14.1. The van der Waals surface area contributed by atoms with Crippen molar-refractivity contribution >= 4 is 0 Å². The van der Waals surface area contributed by atoms with Crippen LogP contribution in [0.3, 0.4) is 0 Å². The van der Waals surface area contributed by atoms with E-state index >= 15 is 0 Å². The highest BCUT2D eigenvalue weighted by Crippen LogP contribution is 2.60. The van der Waals surface area contributed by atoms with Crippen molar-refractivity contribution in [1.29, 1.82) is 0 Å². The lowest BCUT2D eigenvalue weighted by molar-refractivity contribution is -0.0390. The zero-order valence-electron chi connectivity index (χ0n) is 14.1. The van der Waals surface area contributed by atoms with Crippen LogP contribution in [0.5, 0.6) is 0 Å². The van der Waals surface area contributed by atoms with Crippen LogP contribution in [0.25, 0.3) is 0 Å². The van der Waals surface area contributed by atoms with Crippen molar-refractivity contribution in [2.75, 3.05) is 0 Å². The van der Waals surface area contributed by atoms with E-state index in [1.165, 1.54) is 37.7 Å². The van der Waals surface area contributed by atoms with Gasteiger partial charge in [-0.3, -0.25) is 0 Å². The van der Waals surface area contributed by atoms with Crippen LogP contribution in [0, 0.1) is 22.7 Å². The molecule has 3 atom stereocenters. The summed E-state index contributed by atoms with van der Waals surface area (Å²) in [7, 11) is 0. The van der Waals surface area contributed by atoms with Gasteiger partial charge in [-0.25, -0.2) is 0 Å². The van der Waals surface area contributed by atoms with Crippen LogP contribution < -0.4 is 0 Å². The Kier molecular flexibility index (Phi) is 3.80. The summed E-state index contributed by atoms with van der Waals surface area (Å²) in [6.45, 7) is 9.94. The van der Waals surface area contributed by atoms with E-state index in [0.717, 1.165) is 18.3 Å². The fourth-order valence-electron chi connectivity index (χ4n) is 5.44. The predicted octanol–water partition coefficient (Wildman–Crippen LogP) is 6.01. The lowest BCUT2D eigenvalue weighted by Gasteiger charge is -2.57. The first kappa shape index (κ1) is 14.9. The molecule has 1 aromatic heterocycles. The molecule has 21 heavy (non-hydrogen) atoms. The molecule has 1 heteroatoms. The number of hydrogen-bond donors (Lipinski definition) is 0. The van der Waals surface area contributed by atoms with Gasteiger partial charge in [-0.2, -0.15) is 0 Å². The largest absolute Gasteiger partial charge is 0.472 e. The van der Waals surface area contributed by atoms with Gasteiger partial charge < -0.3 is 4.42 Å². The van der Waals surface area contributed by atoms with Gasteiger partial charge in [-0.1, -0.05) is 38.8 Å². The van der Waals surface area contributed by atoms with E-state index in [9.17, 15) is 0 Å². The molecule has 2 aliphatic rings. The normalized spacial score (nSPS) is 35.1. The molecular formula is C20H30O. The summed E-state index contributed by atoms with van der Waals surface area (Å²) >= 11 is 0. The van der Waals surface area contributed by atoms with Crippen molar-refractivity contribution in [2.24, 2.45) is 22.7 Å². The topological polar surface area (TPSA) is 13.1 Å². The average molecular weight is 286 g/mol. The predicted molar refractivity (Wildman–Crippen MR) is 88.1 cm³/mol. The third kappa shape index (κ3) is 2.60. The Hall–Kier alpha value is -0.980. The molecular weight excluding hydrogens is 256 g/mol. The Balaban J connectivity index is 1.83. The molecule has 1 fully saturated rings. The van der Waals surface area contributed by atoms with Crippen LogP contribution in [-0.2, 0) is 6.42 Å². The van der Waals surface area contributed by atoms with Gasteiger partial charge in [0.05, 0.1) is 12.5 Å². The van der Waals surface area contributed by atoms with Crippen LogP contribution in [0.15, 0.2) is 34.7 Å².